The molecule has 2 aromatic rings. The largest absolute Gasteiger partial charge is 0.332 e. The number of carbonyl (C=O) groups is 1. The predicted octanol–water partition coefficient (Wildman–Crippen LogP) is 0.972. The topological polar surface area (TPSA) is 71.9 Å². The molecule has 0 aliphatic heterocycles. The Morgan fingerprint density at radius 3 is 2.26 bits per heavy atom. The summed E-state index contributed by atoms with van der Waals surface area (Å²) < 4.78 is 1.37. The van der Waals surface area contributed by atoms with E-state index in [-0.39, 0.29) is 0 Å². The van der Waals surface area contributed by atoms with Gasteiger partial charge >= 0.3 is 5.69 Å². The fourth-order valence-electron chi connectivity index (χ4n) is 2.25. The first-order valence-electron chi connectivity index (χ1n) is 6.07. The van der Waals surface area contributed by atoms with Crippen LogP contribution >= 0.6 is 0 Å². The van der Waals surface area contributed by atoms with Crippen LogP contribution in [-0.4, -0.2) is 15.3 Å². The predicted molar refractivity (Wildman–Crippen MR) is 69.6 cm³/mol. The molecule has 0 amide bonds. The molecule has 0 atom stereocenters. The molecule has 0 spiro atoms. The first-order valence-corrected chi connectivity index (χ1v) is 6.07. The number of benzene rings is 1. The van der Waals surface area contributed by atoms with Crippen molar-refractivity contribution in [2.24, 2.45) is 0 Å². The first kappa shape index (κ1) is 11.6. The van der Waals surface area contributed by atoms with Gasteiger partial charge in [-0.2, -0.15) is 0 Å². The number of hydrogen-bond donors (Lipinski definition) is 1. The van der Waals surface area contributed by atoms with Gasteiger partial charge in [0, 0.05) is 25.1 Å². The second-order valence-corrected chi connectivity index (χ2v) is 4.72. The van der Waals surface area contributed by atoms with E-state index < -0.39 is 11.2 Å². The van der Waals surface area contributed by atoms with Crippen molar-refractivity contribution < 1.29 is 4.79 Å². The van der Waals surface area contributed by atoms with Crippen molar-refractivity contribution in [3.63, 3.8) is 0 Å². The van der Waals surface area contributed by atoms with E-state index in [9.17, 15) is 14.4 Å². The molecule has 19 heavy (non-hydrogen) atoms. The minimum absolute atomic E-state index is 0.297. The van der Waals surface area contributed by atoms with E-state index in [0.29, 0.717) is 30.2 Å². The average molecular weight is 256 g/mol. The summed E-state index contributed by atoms with van der Waals surface area (Å²) >= 11 is 0. The number of rotatable bonds is 2. The summed E-state index contributed by atoms with van der Waals surface area (Å²) in [4.78, 5) is 35.8. The van der Waals surface area contributed by atoms with Crippen LogP contribution in [0.25, 0.3) is 5.69 Å². The van der Waals surface area contributed by atoms with E-state index in [1.165, 1.54) is 16.8 Å². The Bertz CT molecular complexity index is 732. The quantitative estimate of drug-likeness (QED) is 0.870. The minimum Gasteiger partial charge on any atom is -0.300 e. The monoisotopic (exact) mass is 256 g/mol. The number of Topliss-reactive ketones (excluding diaryl/α,β-unsaturated/α-hetero) is 1. The van der Waals surface area contributed by atoms with Gasteiger partial charge < -0.3 is 0 Å². The summed E-state index contributed by atoms with van der Waals surface area (Å²) in [5, 5.41) is 0. The van der Waals surface area contributed by atoms with Gasteiger partial charge in [0.05, 0.1) is 5.69 Å². The normalized spacial score (nSPS) is 15.3. The summed E-state index contributed by atoms with van der Waals surface area (Å²) in [6.07, 6.45) is 2.67. The minimum atomic E-state index is -0.459. The maximum absolute atomic E-state index is 11.6. The molecule has 1 fully saturated rings. The Kier molecular flexibility index (Phi) is 2.67. The molecule has 0 saturated heterocycles. The number of hydrogen-bond acceptors (Lipinski definition) is 3. The van der Waals surface area contributed by atoms with Crippen LogP contribution in [0.3, 0.4) is 0 Å². The van der Waals surface area contributed by atoms with E-state index in [0.717, 1.165) is 5.56 Å². The molecular formula is C14H12N2O3. The summed E-state index contributed by atoms with van der Waals surface area (Å²) in [6.45, 7) is 0. The van der Waals surface area contributed by atoms with Crippen LogP contribution in [0.1, 0.15) is 24.3 Å². The smallest absolute Gasteiger partial charge is 0.300 e. The molecule has 1 aromatic heterocycles. The molecule has 0 bridgehead atoms. The van der Waals surface area contributed by atoms with Gasteiger partial charge in [-0.15, -0.1) is 0 Å². The van der Waals surface area contributed by atoms with Crippen molar-refractivity contribution in [3.05, 3.63) is 62.9 Å². The maximum Gasteiger partial charge on any atom is 0.332 e. The Balaban J connectivity index is 1.92. The van der Waals surface area contributed by atoms with E-state index >= 15 is 0 Å². The molecule has 0 unspecified atom stereocenters. The van der Waals surface area contributed by atoms with Crippen LogP contribution in [0.2, 0.25) is 0 Å². The van der Waals surface area contributed by atoms with Gasteiger partial charge in [0.1, 0.15) is 5.78 Å². The zero-order valence-electron chi connectivity index (χ0n) is 10.1. The molecule has 3 rings (SSSR count). The van der Waals surface area contributed by atoms with Gasteiger partial charge in [-0.25, -0.2) is 4.79 Å². The highest BCUT2D eigenvalue weighted by Gasteiger charge is 2.27. The van der Waals surface area contributed by atoms with E-state index in [1.807, 2.05) is 24.3 Å². The number of ketones is 1. The molecule has 0 radical (unpaired) electrons. The highest BCUT2D eigenvalue weighted by Crippen LogP contribution is 2.33. The van der Waals surface area contributed by atoms with Gasteiger partial charge in [-0.1, -0.05) is 12.1 Å². The number of nitrogens with one attached hydrogen (secondary N) is 1. The van der Waals surface area contributed by atoms with E-state index in [4.69, 9.17) is 0 Å². The van der Waals surface area contributed by atoms with Crippen molar-refractivity contribution in [1.29, 1.82) is 0 Å². The van der Waals surface area contributed by atoms with Gasteiger partial charge in [-0.05, 0) is 23.6 Å². The van der Waals surface area contributed by atoms with Crippen molar-refractivity contribution in [2.75, 3.05) is 0 Å². The van der Waals surface area contributed by atoms with Crippen LogP contribution in [0.5, 0.6) is 0 Å². The van der Waals surface area contributed by atoms with Crippen LogP contribution in [0, 0.1) is 0 Å². The molecule has 5 heteroatoms. The van der Waals surface area contributed by atoms with Crippen molar-refractivity contribution in [1.82, 2.24) is 9.55 Å². The van der Waals surface area contributed by atoms with Crippen LogP contribution in [0.4, 0.5) is 0 Å². The lowest BCUT2D eigenvalue weighted by atomic mass is 9.79. The number of nitrogens with zero attached hydrogens (tertiary/aromatic N) is 1. The fraction of sp³-hybridized carbons (Fsp3) is 0.214. The van der Waals surface area contributed by atoms with Gasteiger partial charge in [0.2, 0.25) is 0 Å². The molecule has 96 valence electrons. The Labute approximate surface area is 108 Å². The van der Waals surface area contributed by atoms with E-state index in [1.54, 1.807) is 0 Å². The maximum atomic E-state index is 11.6. The van der Waals surface area contributed by atoms with Crippen LogP contribution in [0.15, 0.2) is 46.1 Å². The molecule has 5 nitrogen and oxygen atoms in total. The molecule has 1 N–H and O–H groups in total. The molecule has 1 aliphatic rings. The van der Waals surface area contributed by atoms with Crippen LogP contribution in [-0.2, 0) is 4.79 Å². The summed E-state index contributed by atoms with van der Waals surface area (Å²) in [5.74, 6) is 0.611. The number of aromatic nitrogens is 2. The zero-order chi connectivity index (χ0) is 13.4. The summed E-state index contributed by atoms with van der Waals surface area (Å²) in [7, 11) is 0. The third kappa shape index (κ3) is 2.14. The van der Waals surface area contributed by atoms with Gasteiger partial charge in [-0.3, -0.25) is 19.1 Å². The Hall–Kier alpha value is -2.43. The SMILES string of the molecule is O=C1CC(c2ccc(-n3ccc(=O)[nH]c3=O)cc2)C1. The molecule has 1 heterocycles. The lowest BCUT2D eigenvalue weighted by Crippen LogP contribution is -2.27. The van der Waals surface area contributed by atoms with Gasteiger partial charge in [0.15, 0.2) is 0 Å². The van der Waals surface area contributed by atoms with Crippen molar-refractivity contribution in [3.8, 4) is 5.69 Å². The second-order valence-electron chi connectivity index (χ2n) is 4.72. The molecule has 1 aromatic carbocycles. The lowest BCUT2D eigenvalue weighted by molar-refractivity contribution is -0.124. The third-order valence-electron chi connectivity index (χ3n) is 3.41. The fourth-order valence-corrected chi connectivity index (χ4v) is 2.25. The number of aromatic amines is 1. The van der Waals surface area contributed by atoms with Crippen molar-refractivity contribution in [2.45, 2.75) is 18.8 Å². The molecule has 1 saturated carbocycles. The third-order valence-corrected chi connectivity index (χ3v) is 3.41. The Morgan fingerprint density at radius 2 is 1.68 bits per heavy atom. The van der Waals surface area contributed by atoms with Crippen molar-refractivity contribution >= 4 is 5.78 Å². The zero-order valence-corrected chi connectivity index (χ0v) is 10.1. The molecular weight excluding hydrogens is 244 g/mol. The number of H-pyrrole nitrogens is 1. The van der Waals surface area contributed by atoms with E-state index in [2.05, 4.69) is 4.98 Å². The first-order chi connectivity index (χ1) is 9.13. The highest BCUT2D eigenvalue weighted by atomic mass is 16.2. The number of carbonyl (C=O) groups excluding carboxylic acids is 1. The van der Waals surface area contributed by atoms with Gasteiger partial charge in [0.25, 0.3) is 5.56 Å². The Morgan fingerprint density at radius 1 is 1.00 bits per heavy atom. The lowest BCUT2D eigenvalue weighted by Gasteiger charge is -2.24. The molecule has 1 aliphatic carbocycles. The second kappa shape index (κ2) is 4.35. The highest BCUT2D eigenvalue weighted by molar-refractivity contribution is 5.86. The standard InChI is InChI=1S/C14H12N2O3/c17-12-7-10(8-12)9-1-3-11(4-2-9)16-6-5-13(18)15-14(16)19/h1-6,10H,7-8H2,(H,15,18,19). The summed E-state index contributed by atoms with van der Waals surface area (Å²) in [6, 6.07) is 8.78. The average Bonchev–Trinajstić information content (AvgIpc) is 2.36. The van der Waals surface area contributed by atoms with Crippen LogP contribution < -0.4 is 11.2 Å². The summed E-state index contributed by atoms with van der Waals surface area (Å²) in [5.41, 5.74) is 0.932.